The number of hydrogen-bond donors (Lipinski definition) is 1. The zero-order valence-electron chi connectivity index (χ0n) is 11.1. The molecule has 1 N–H and O–H groups in total. The Morgan fingerprint density at radius 1 is 1.26 bits per heavy atom. The maximum Gasteiger partial charge on any atom is 0.130 e. The molecule has 100 valence electrons. The number of nitrogens with one attached hydrogen (secondary N) is 1. The second kappa shape index (κ2) is 6.02. The van der Waals surface area contributed by atoms with E-state index >= 15 is 0 Å². The second-order valence-electron chi connectivity index (χ2n) is 4.32. The van der Waals surface area contributed by atoms with Gasteiger partial charge in [0.15, 0.2) is 0 Å². The molecule has 0 bridgehead atoms. The Balaban J connectivity index is 2.15. The van der Waals surface area contributed by atoms with Crippen LogP contribution < -0.4 is 5.32 Å². The largest absolute Gasteiger partial charge is 0.363 e. The molecule has 1 heterocycles. The first-order chi connectivity index (χ1) is 9.10. The van der Waals surface area contributed by atoms with E-state index in [2.05, 4.69) is 15.3 Å². The SMILES string of the molecule is CSc1cc(NC(C)c2ccc(C)c(F)c2)ncn1. The molecular formula is C14H16FN3S. The van der Waals surface area contributed by atoms with E-state index < -0.39 is 0 Å². The van der Waals surface area contributed by atoms with Crippen molar-refractivity contribution in [3.8, 4) is 0 Å². The van der Waals surface area contributed by atoms with E-state index in [1.807, 2.05) is 25.3 Å². The van der Waals surface area contributed by atoms with Crippen LogP contribution in [0.3, 0.4) is 0 Å². The molecule has 0 aliphatic rings. The first kappa shape index (κ1) is 13.8. The monoisotopic (exact) mass is 277 g/mol. The van der Waals surface area contributed by atoms with Crippen molar-refractivity contribution >= 4 is 17.6 Å². The Morgan fingerprint density at radius 2 is 2.05 bits per heavy atom. The van der Waals surface area contributed by atoms with Crippen molar-refractivity contribution < 1.29 is 4.39 Å². The maximum absolute atomic E-state index is 13.5. The van der Waals surface area contributed by atoms with Crippen LogP contribution in [-0.2, 0) is 0 Å². The van der Waals surface area contributed by atoms with E-state index in [-0.39, 0.29) is 11.9 Å². The van der Waals surface area contributed by atoms with Gasteiger partial charge in [-0.15, -0.1) is 11.8 Å². The lowest BCUT2D eigenvalue weighted by atomic mass is 10.1. The van der Waals surface area contributed by atoms with Gasteiger partial charge in [0.2, 0.25) is 0 Å². The van der Waals surface area contributed by atoms with Crippen molar-refractivity contribution in [2.75, 3.05) is 11.6 Å². The summed E-state index contributed by atoms with van der Waals surface area (Å²) >= 11 is 1.56. The number of halogens is 1. The molecule has 19 heavy (non-hydrogen) atoms. The van der Waals surface area contributed by atoms with Gasteiger partial charge in [0, 0.05) is 6.07 Å². The van der Waals surface area contributed by atoms with E-state index in [0.29, 0.717) is 5.56 Å². The van der Waals surface area contributed by atoms with E-state index in [0.717, 1.165) is 16.4 Å². The van der Waals surface area contributed by atoms with Gasteiger partial charge in [0.05, 0.1) is 6.04 Å². The Hall–Kier alpha value is -1.62. The highest BCUT2D eigenvalue weighted by Crippen LogP contribution is 2.21. The molecule has 0 saturated carbocycles. The van der Waals surface area contributed by atoms with Crippen molar-refractivity contribution in [3.63, 3.8) is 0 Å². The molecule has 0 fully saturated rings. The van der Waals surface area contributed by atoms with Crippen LogP contribution in [0.1, 0.15) is 24.1 Å². The fourth-order valence-corrected chi connectivity index (χ4v) is 2.10. The number of thioether (sulfide) groups is 1. The molecule has 0 saturated heterocycles. The van der Waals surface area contributed by atoms with Gasteiger partial charge in [-0.2, -0.15) is 0 Å². The lowest BCUT2D eigenvalue weighted by Gasteiger charge is -2.15. The maximum atomic E-state index is 13.5. The van der Waals surface area contributed by atoms with Crippen molar-refractivity contribution in [2.45, 2.75) is 24.9 Å². The first-order valence-corrected chi connectivity index (χ1v) is 7.21. The zero-order chi connectivity index (χ0) is 13.8. The van der Waals surface area contributed by atoms with E-state index in [9.17, 15) is 4.39 Å². The minimum atomic E-state index is -0.182. The molecule has 0 radical (unpaired) electrons. The van der Waals surface area contributed by atoms with Crippen LogP contribution in [-0.4, -0.2) is 16.2 Å². The predicted octanol–water partition coefficient (Wildman–Crippen LogP) is 3.82. The van der Waals surface area contributed by atoms with E-state index in [4.69, 9.17) is 0 Å². The average Bonchev–Trinajstić information content (AvgIpc) is 2.42. The van der Waals surface area contributed by atoms with Gasteiger partial charge in [-0.1, -0.05) is 12.1 Å². The number of nitrogens with zero attached hydrogens (tertiary/aromatic N) is 2. The summed E-state index contributed by atoms with van der Waals surface area (Å²) in [6.45, 7) is 3.73. The summed E-state index contributed by atoms with van der Waals surface area (Å²) in [7, 11) is 0. The number of benzene rings is 1. The Bertz CT molecular complexity index is 574. The molecule has 5 heteroatoms. The smallest absolute Gasteiger partial charge is 0.130 e. The summed E-state index contributed by atoms with van der Waals surface area (Å²) in [6, 6.07) is 7.14. The van der Waals surface area contributed by atoms with Crippen molar-refractivity contribution in [3.05, 3.63) is 47.5 Å². The topological polar surface area (TPSA) is 37.8 Å². The number of aromatic nitrogens is 2. The fourth-order valence-electron chi connectivity index (χ4n) is 1.71. The second-order valence-corrected chi connectivity index (χ2v) is 5.15. The third-order valence-corrected chi connectivity index (χ3v) is 3.55. The minimum Gasteiger partial charge on any atom is -0.363 e. The summed E-state index contributed by atoms with van der Waals surface area (Å²) in [5.74, 6) is 0.562. The zero-order valence-corrected chi connectivity index (χ0v) is 12.0. The predicted molar refractivity (Wildman–Crippen MR) is 77.0 cm³/mol. The van der Waals surface area contributed by atoms with E-state index in [1.54, 1.807) is 30.8 Å². The Labute approximate surface area is 116 Å². The normalized spacial score (nSPS) is 12.2. The molecule has 1 aromatic heterocycles. The van der Waals surface area contributed by atoms with Crippen LogP contribution in [0.15, 0.2) is 35.6 Å². The van der Waals surface area contributed by atoms with Crippen molar-refractivity contribution in [1.82, 2.24) is 9.97 Å². The molecule has 1 aromatic carbocycles. The summed E-state index contributed by atoms with van der Waals surface area (Å²) in [6.07, 6.45) is 3.49. The molecule has 2 rings (SSSR count). The quantitative estimate of drug-likeness (QED) is 0.681. The van der Waals surface area contributed by atoms with Crippen LogP contribution in [0.2, 0.25) is 0 Å². The van der Waals surface area contributed by atoms with Crippen LogP contribution in [0.5, 0.6) is 0 Å². The highest BCUT2D eigenvalue weighted by atomic mass is 32.2. The van der Waals surface area contributed by atoms with Gasteiger partial charge in [-0.25, -0.2) is 14.4 Å². The van der Waals surface area contributed by atoms with Crippen LogP contribution in [0.4, 0.5) is 10.2 Å². The molecular weight excluding hydrogens is 261 g/mol. The number of hydrogen-bond acceptors (Lipinski definition) is 4. The summed E-state index contributed by atoms with van der Waals surface area (Å²) < 4.78 is 13.5. The average molecular weight is 277 g/mol. The lowest BCUT2D eigenvalue weighted by Crippen LogP contribution is -2.08. The highest BCUT2D eigenvalue weighted by Gasteiger charge is 2.08. The Kier molecular flexibility index (Phi) is 4.37. The van der Waals surface area contributed by atoms with Gasteiger partial charge in [-0.3, -0.25) is 0 Å². The molecule has 1 atom stereocenters. The summed E-state index contributed by atoms with van der Waals surface area (Å²) in [4.78, 5) is 8.28. The number of aryl methyl sites for hydroxylation is 1. The molecule has 2 aromatic rings. The first-order valence-electron chi connectivity index (χ1n) is 5.99. The fraction of sp³-hybridized carbons (Fsp3) is 0.286. The van der Waals surface area contributed by atoms with E-state index in [1.165, 1.54) is 6.33 Å². The third kappa shape index (κ3) is 3.44. The molecule has 1 unspecified atom stereocenters. The van der Waals surface area contributed by atoms with Gasteiger partial charge in [0.25, 0.3) is 0 Å². The molecule has 0 amide bonds. The summed E-state index contributed by atoms with van der Waals surface area (Å²) in [5, 5.41) is 4.15. The van der Waals surface area contributed by atoms with Gasteiger partial charge >= 0.3 is 0 Å². The lowest BCUT2D eigenvalue weighted by molar-refractivity contribution is 0.614. The van der Waals surface area contributed by atoms with Crippen molar-refractivity contribution in [2.24, 2.45) is 0 Å². The van der Waals surface area contributed by atoms with Crippen LogP contribution in [0, 0.1) is 12.7 Å². The van der Waals surface area contributed by atoms with Crippen LogP contribution >= 0.6 is 11.8 Å². The standard InChI is InChI=1S/C14H16FN3S/c1-9-4-5-11(6-12(9)15)10(2)18-13-7-14(19-3)17-8-16-13/h4-8,10H,1-3H3,(H,16,17,18). The van der Waals surface area contributed by atoms with Gasteiger partial charge < -0.3 is 5.32 Å². The molecule has 3 nitrogen and oxygen atoms in total. The Morgan fingerprint density at radius 3 is 2.74 bits per heavy atom. The molecule has 0 spiro atoms. The number of anilines is 1. The van der Waals surface area contributed by atoms with Gasteiger partial charge in [0.1, 0.15) is 23.0 Å². The highest BCUT2D eigenvalue weighted by molar-refractivity contribution is 7.98. The van der Waals surface area contributed by atoms with Gasteiger partial charge in [-0.05, 0) is 37.3 Å². The minimum absolute atomic E-state index is 0.0142. The molecule has 0 aliphatic heterocycles. The summed E-state index contributed by atoms with van der Waals surface area (Å²) in [5.41, 5.74) is 1.55. The third-order valence-electron chi connectivity index (χ3n) is 2.91. The molecule has 0 aliphatic carbocycles. The van der Waals surface area contributed by atoms with Crippen molar-refractivity contribution in [1.29, 1.82) is 0 Å². The number of rotatable bonds is 4. The van der Waals surface area contributed by atoms with Crippen LogP contribution in [0.25, 0.3) is 0 Å².